The van der Waals surface area contributed by atoms with E-state index in [-0.39, 0.29) is 31.0 Å². The van der Waals surface area contributed by atoms with Gasteiger partial charge in [-0.15, -0.1) is 0 Å². The van der Waals surface area contributed by atoms with Gasteiger partial charge in [0.2, 0.25) is 11.8 Å². The summed E-state index contributed by atoms with van der Waals surface area (Å²) in [5.41, 5.74) is 2.79. The van der Waals surface area contributed by atoms with Crippen LogP contribution < -0.4 is 5.32 Å². The number of pyridine rings is 1. The molecule has 1 aromatic carbocycles. The first-order chi connectivity index (χ1) is 18.2. The maximum Gasteiger partial charge on any atom is 0.247 e. The molecule has 0 spiro atoms. The Bertz CT molecular complexity index is 1540. The second kappa shape index (κ2) is 10.4. The Labute approximate surface area is 225 Å². The lowest BCUT2D eigenvalue weighted by molar-refractivity contribution is -0.137. The van der Waals surface area contributed by atoms with Crippen molar-refractivity contribution in [1.82, 2.24) is 29.6 Å². The number of aryl methyl sites for hydroxylation is 1. The minimum atomic E-state index is -1.33. The SMILES string of the molecule is CC(=O)c1nn(CC(=O)N2C[C@H](F)C[C@H]2C(=O)Nc2ccc(Br)nc2)c2ccc(-c3cnc(C)nc3)cc12. The zero-order valence-electron chi connectivity index (χ0n) is 20.6. The number of likely N-dealkylation sites (tertiary alicyclic amines) is 1. The lowest BCUT2D eigenvalue weighted by atomic mass is 10.0. The lowest BCUT2D eigenvalue weighted by Gasteiger charge is -2.23. The van der Waals surface area contributed by atoms with Crippen LogP contribution in [0, 0.1) is 6.92 Å². The Kier molecular flexibility index (Phi) is 6.98. The summed E-state index contributed by atoms with van der Waals surface area (Å²) in [6.45, 7) is 2.74. The molecule has 12 heteroatoms. The molecule has 3 aromatic heterocycles. The molecule has 0 saturated carbocycles. The third-order valence-corrected chi connectivity index (χ3v) is 6.82. The molecule has 5 rings (SSSR count). The molecule has 1 fully saturated rings. The first kappa shape index (κ1) is 25.6. The van der Waals surface area contributed by atoms with E-state index in [1.165, 1.54) is 22.7 Å². The van der Waals surface area contributed by atoms with Crippen LogP contribution in [0.25, 0.3) is 22.0 Å². The predicted molar refractivity (Wildman–Crippen MR) is 141 cm³/mol. The van der Waals surface area contributed by atoms with E-state index in [1.54, 1.807) is 37.5 Å². The zero-order chi connectivity index (χ0) is 27.0. The molecule has 0 bridgehead atoms. The fourth-order valence-corrected chi connectivity index (χ4v) is 4.72. The molecule has 10 nitrogen and oxygen atoms in total. The van der Waals surface area contributed by atoms with Gasteiger partial charge in [-0.05, 0) is 52.7 Å². The van der Waals surface area contributed by atoms with E-state index < -0.39 is 24.0 Å². The van der Waals surface area contributed by atoms with E-state index in [4.69, 9.17) is 0 Å². The Balaban J connectivity index is 1.40. The summed E-state index contributed by atoms with van der Waals surface area (Å²) in [7, 11) is 0. The van der Waals surface area contributed by atoms with Crippen LogP contribution in [0.1, 0.15) is 29.7 Å². The fourth-order valence-electron chi connectivity index (χ4n) is 4.48. The number of anilines is 1. The van der Waals surface area contributed by atoms with Crippen molar-refractivity contribution in [3.8, 4) is 11.1 Å². The number of halogens is 2. The minimum Gasteiger partial charge on any atom is -0.326 e. The lowest BCUT2D eigenvalue weighted by Crippen LogP contribution is -2.44. The third kappa shape index (κ3) is 5.17. The largest absolute Gasteiger partial charge is 0.326 e. The van der Waals surface area contributed by atoms with Crippen molar-refractivity contribution < 1.29 is 18.8 Å². The molecule has 0 aliphatic carbocycles. The summed E-state index contributed by atoms with van der Waals surface area (Å²) in [5, 5.41) is 7.66. The molecule has 0 radical (unpaired) electrons. The monoisotopic (exact) mass is 579 g/mol. The number of hydrogen-bond donors (Lipinski definition) is 1. The number of Topliss-reactive ketones (excluding diaryl/α,β-unsaturated/α-hetero) is 1. The summed E-state index contributed by atoms with van der Waals surface area (Å²) >= 11 is 3.23. The molecular formula is C26H23BrFN7O3. The molecule has 1 N–H and O–H groups in total. The van der Waals surface area contributed by atoms with E-state index in [0.29, 0.717) is 27.0 Å². The summed E-state index contributed by atoms with van der Waals surface area (Å²) in [6, 6.07) is 7.74. The topological polar surface area (TPSA) is 123 Å². The Morgan fingerprint density at radius 2 is 1.84 bits per heavy atom. The van der Waals surface area contributed by atoms with E-state index >= 15 is 0 Å². The summed E-state index contributed by atoms with van der Waals surface area (Å²) in [5.74, 6) is -0.593. The quantitative estimate of drug-likeness (QED) is 0.272. The standard InChI is InChI=1S/C26H23BrFN7O3/c1-14(36)25-20-7-16(17-9-29-15(2)30-10-17)3-5-21(20)35(33-25)13-24(37)34-12-18(28)8-22(34)26(38)32-19-4-6-23(27)31-11-19/h3-7,9-11,18,22H,8,12-13H2,1-2H3,(H,32,38)/t18-,22+/m1/s1. The second-order valence-electron chi connectivity index (χ2n) is 9.07. The normalized spacial score (nSPS) is 17.1. The van der Waals surface area contributed by atoms with Crippen molar-refractivity contribution in [2.75, 3.05) is 11.9 Å². The van der Waals surface area contributed by atoms with Crippen molar-refractivity contribution in [3.05, 3.63) is 65.0 Å². The van der Waals surface area contributed by atoms with Gasteiger partial charge in [-0.1, -0.05) is 6.07 Å². The smallest absolute Gasteiger partial charge is 0.247 e. The van der Waals surface area contributed by atoms with Gasteiger partial charge < -0.3 is 10.2 Å². The maximum atomic E-state index is 14.4. The predicted octanol–water partition coefficient (Wildman–Crippen LogP) is 3.74. The number of ketones is 1. The molecule has 1 aliphatic rings. The second-order valence-corrected chi connectivity index (χ2v) is 9.88. The summed E-state index contributed by atoms with van der Waals surface area (Å²) < 4.78 is 16.4. The number of nitrogens with one attached hydrogen (secondary N) is 1. The van der Waals surface area contributed by atoms with Crippen LogP contribution >= 0.6 is 15.9 Å². The number of fused-ring (bicyclic) bond motifs is 1. The van der Waals surface area contributed by atoms with Crippen molar-refractivity contribution in [3.63, 3.8) is 0 Å². The van der Waals surface area contributed by atoms with E-state index in [2.05, 4.69) is 41.3 Å². The number of hydrogen-bond acceptors (Lipinski definition) is 7. The molecule has 38 heavy (non-hydrogen) atoms. The van der Waals surface area contributed by atoms with E-state index in [0.717, 1.165) is 11.1 Å². The van der Waals surface area contributed by atoms with Gasteiger partial charge in [-0.25, -0.2) is 19.3 Å². The highest BCUT2D eigenvalue weighted by Gasteiger charge is 2.40. The number of alkyl halides is 1. The molecule has 0 unspecified atom stereocenters. The van der Waals surface area contributed by atoms with Crippen LogP contribution in [-0.4, -0.2) is 66.0 Å². The first-order valence-electron chi connectivity index (χ1n) is 11.9. The Hall–Kier alpha value is -4.06. The van der Waals surface area contributed by atoms with Crippen LogP contribution in [0.3, 0.4) is 0 Å². The third-order valence-electron chi connectivity index (χ3n) is 6.35. The van der Waals surface area contributed by atoms with E-state index in [1.807, 2.05) is 12.1 Å². The van der Waals surface area contributed by atoms with Crippen LogP contribution in [0.5, 0.6) is 0 Å². The van der Waals surface area contributed by atoms with Crippen LogP contribution in [0.4, 0.5) is 10.1 Å². The van der Waals surface area contributed by atoms with Crippen LogP contribution in [0.15, 0.2) is 53.5 Å². The molecule has 1 saturated heterocycles. The van der Waals surface area contributed by atoms with E-state index in [9.17, 15) is 18.8 Å². The highest BCUT2D eigenvalue weighted by molar-refractivity contribution is 9.10. The highest BCUT2D eigenvalue weighted by Crippen LogP contribution is 2.28. The van der Waals surface area contributed by atoms with Gasteiger partial charge in [-0.3, -0.25) is 19.1 Å². The highest BCUT2D eigenvalue weighted by atomic mass is 79.9. The molecule has 4 heterocycles. The molecular weight excluding hydrogens is 557 g/mol. The number of nitrogens with zero attached hydrogens (tertiary/aromatic N) is 6. The van der Waals surface area contributed by atoms with Gasteiger partial charge in [-0.2, -0.15) is 5.10 Å². The molecule has 1 aliphatic heterocycles. The van der Waals surface area contributed by atoms with Gasteiger partial charge in [0.05, 0.1) is 23.9 Å². The van der Waals surface area contributed by atoms with Crippen LogP contribution in [0.2, 0.25) is 0 Å². The van der Waals surface area contributed by atoms with Gasteiger partial charge in [0.1, 0.15) is 34.9 Å². The van der Waals surface area contributed by atoms with Gasteiger partial charge in [0.15, 0.2) is 5.78 Å². The van der Waals surface area contributed by atoms with Crippen molar-refractivity contribution in [2.45, 2.75) is 39.0 Å². The molecule has 194 valence electrons. The van der Waals surface area contributed by atoms with Gasteiger partial charge in [0, 0.05) is 36.7 Å². The molecule has 2 amide bonds. The van der Waals surface area contributed by atoms with Gasteiger partial charge in [0.25, 0.3) is 0 Å². The van der Waals surface area contributed by atoms with Crippen molar-refractivity contribution in [2.24, 2.45) is 0 Å². The maximum absolute atomic E-state index is 14.4. The number of aromatic nitrogens is 5. The number of amides is 2. The molecule has 4 aromatic rings. The summed E-state index contributed by atoms with van der Waals surface area (Å²) in [4.78, 5) is 52.3. The number of rotatable bonds is 6. The van der Waals surface area contributed by atoms with Crippen molar-refractivity contribution in [1.29, 1.82) is 0 Å². The number of carbonyl (C=O) groups excluding carboxylic acids is 3. The number of benzene rings is 1. The van der Waals surface area contributed by atoms with Crippen molar-refractivity contribution >= 4 is 50.1 Å². The zero-order valence-corrected chi connectivity index (χ0v) is 22.1. The van der Waals surface area contributed by atoms with Gasteiger partial charge >= 0.3 is 0 Å². The molecule has 2 atom stereocenters. The average molecular weight is 580 g/mol. The summed E-state index contributed by atoms with van der Waals surface area (Å²) in [6.07, 6.45) is 3.41. The van der Waals surface area contributed by atoms with Crippen LogP contribution in [-0.2, 0) is 16.1 Å². The minimum absolute atomic E-state index is 0.109. The first-order valence-corrected chi connectivity index (χ1v) is 12.7. The fraction of sp³-hybridized carbons (Fsp3) is 0.269. The average Bonchev–Trinajstić information content (AvgIpc) is 3.46. The Morgan fingerprint density at radius 3 is 2.53 bits per heavy atom. The number of carbonyl (C=O) groups is 3. The Morgan fingerprint density at radius 1 is 1.08 bits per heavy atom.